The SMILES string of the molecule is CCN1C(=O)[C@](C)(C(=O)Nc2ccccc2OC)Oc2cccnc21. The molecule has 0 aliphatic carbocycles. The molecule has 0 bridgehead atoms. The van der Waals surface area contributed by atoms with Gasteiger partial charge in [-0.3, -0.25) is 14.5 Å². The number of methoxy groups -OCH3 is 1. The highest BCUT2D eigenvalue weighted by Crippen LogP contribution is 2.36. The van der Waals surface area contributed by atoms with Crippen molar-refractivity contribution in [1.29, 1.82) is 0 Å². The molecule has 7 nitrogen and oxygen atoms in total. The zero-order valence-corrected chi connectivity index (χ0v) is 14.3. The zero-order valence-electron chi connectivity index (χ0n) is 14.3. The average molecular weight is 341 g/mol. The minimum Gasteiger partial charge on any atom is -0.495 e. The molecule has 0 saturated heterocycles. The van der Waals surface area contributed by atoms with Crippen LogP contribution in [0.5, 0.6) is 11.5 Å². The number of pyridine rings is 1. The molecule has 1 aliphatic rings. The molecule has 3 rings (SSSR count). The predicted octanol–water partition coefficient (Wildman–Crippen LogP) is 2.23. The number of aromatic nitrogens is 1. The van der Waals surface area contributed by atoms with Gasteiger partial charge in [0, 0.05) is 12.7 Å². The zero-order chi connectivity index (χ0) is 18.0. The highest BCUT2D eigenvalue weighted by molar-refractivity contribution is 6.19. The van der Waals surface area contributed by atoms with Crippen molar-refractivity contribution in [2.45, 2.75) is 19.4 Å². The van der Waals surface area contributed by atoms with Gasteiger partial charge >= 0.3 is 0 Å². The first kappa shape index (κ1) is 16.8. The second-order valence-electron chi connectivity index (χ2n) is 5.66. The second-order valence-corrected chi connectivity index (χ2v) is 5.66. The van der Waals surface area contributed by atoms with Crippen LogP contribution in [0.25, 0.3) is 0 Å². The summed E-state index contributed by atoms with van der Waals surface area (Å²) in [6.45, 7) is 3.66. The number of hydrogen-bond donors (Lipinski definition) is 1. The molecule has 25 heavy (non-hydrogen) atoms. The van der Waals surface area contributed by atoms with Crippen LogP contribution in [0.1, 0.15) is 13.8 Å². The first-order chi connectivity index (χ1) is 12.0. The van der Waals surface area contributed by atoms with Crippen LogP contribution in [0.15, 0.2) is 42.6 Å². The quantitative estimate of drug-likeness (QED) is 0.863. The van der Waals surface area contributed by atoms with E-state index in [1.165, 1.54) is 18.9 Å². The van der Waals surface area contributed by atoms with E-state index in [2.05, 4.69) is 10.3 Å². The summed E-state index contributed by atoms with van der Waals surface area (Å²) in [7, 11) is 1.51. The van der Waals surface area contributed by atoms with Crippen LogP contribution >= 0.6 is 0 Å². The molecule has 1 atom stereocenters. The molecule has 130 valence electrons. The largest absolute Gasteiger partial charge is 0.495 e. The molecule has 2 amide bonds. The third-order valence-corrected chi connectivity index (χ3v) is 4.08. The van der Waals surface area contributed by atoms with Crippen molar-refractivity contribution >= 4 is 23.3 Å². The number of nitrogens with one attached hydrogen (secondary N) is 1. The number of para-hydroxylation sites is 2. The molecule has 2 aromatic rings. The van der Waals surface area contributed by atoms with Crippen molar-refractivity contribution in [2.75, 3.05) is 23.9 Å². The third-order valence-electron chi connectivity index (χ3n) is 4.08. The standard InChI is InChI=1S/C18H19N3O4/c1-4-21-15-14(10-7-11-19-15)25-18(2,17(21)23)16(22)20-12-8-5-6-9-13(12)24-3/h5-11H,4H2,1-3H3,(H,20,22)/t18-/m0/s1. The number of likely N-dealkylation sites (N-methyl/N-ethyl adjacent to an activating group) is 1. The number of benzene rings is 1. The molecule has 0 saturated carbocycles. The predicted molar refractivity (Wildman–Crippen MR) is 92.9 cm³/mol. The van der Waals surface area contributed by atoms with Gasteiger partial charge in [-0.1, -0.05) is 12.1 Å². The molecule has 7 heteroatoms. The highest BCUT2D eigenvalue weighted by atomic mass is 16.5. The monoisotopic (exact) mass is 341 g/mol. The number of fused-ring (bicyclic) bond motifs is 1. The van der Waals surface area contributed by atoms with Crippen LogP contribution in [0, 0.1) is 0 Å². The topological polar surface area (TPSA) is 80.8 Å². The van der Waals surface area contributed by atoms with E-state index < -0.39 is 17.4 Å². The molecule has 1 aromatic heterocycles. The van der Waals surface area contributed by atoms with Gasteiger partial charge in [0.1, 0.15) is 5.75 Å². The first-order valence-corrected chi connectivity index (χ1v) is 7.91. The van der Waals surface area contributed by atoms with Gasteiger partial charge in [0.25, 0.3) is 17.4 Å². The summed E-state index contributed by atoms with van der Waals surface area (Å²) in [6, 6.07) is 10.4. The summed E-state index contributed by atoms with van der Waals surface area (Å²) in [6.07, 6.45) is 1.58. The van der Waals surface area contributed by atoms with Gasteiger partial charge in [-0.15, -0.1) is 0 Å². The maximum Gasteiger partial charge on any atom is 0.282 e. The van der Waals surface area contributed by atoms with Gasteiger partial charge in [-0.05, 0) is 38.1 Å². The maximum absolute atomic E-state index is 12.9. The number of anilines is 2. The molecule has 2 heterocycles. The number of rotatable bonds is 4. The normalized spacial score (nSPS) is 19.0. The molecular formula is C18H19N3O4. The molecule has 1 N–H and O–H groups in total. The van der Waals surface area contributed by atoms with Crippen molar-refractivity contribution in [1.82, 2.24) is 4.98 Å². The lowest BCUT2D eigenvalue weighted by molar-refractivity contribution is -0.145. The van der Waals surface area contributed by atoms with Gasteiger partial charge in [0.2, 0.25) is 0 Å². The fourth-order valence-corrected chi connectivity index (χ4v) is 2.71. The van der Waals surface area contributed by atoms with Crippen LogP contribution in [0.3, 0.4) is 0 Å². The molecule has 0 fully saturated rings. The number of carbonyl (C=O) groups is 2. The molecule has 1 aromatic carbocycles. The molecule has 0 unspecified atom stereocenters. The Bertz CT molecular complexity index is 823. The van der Waals surface area contributed by atoms with Crippen LogP contribution in [0.2, 0.25) is 0 Å². The summed E-state index contributed by atoms with van der Waals surface area (Å²) in [4.78, 5) is 31.4. The molecule has 0 spiro atoms. The summed E-state index contributed by atoms with van der Waals surface area (Å²) < 4.78 is 11.0. The lowest BCUT2D eigenvalue weighted by atomic mass is 10.0. The van der Waals surface area contributed by atoms with E-state index >= 15 is 0 Å². The van der Waals surface area contributed by atoms with E-state index in [0.717, 1.165) is 0 Å². The fourth-order valence-electron chi connectivity index (χ4n) is 2.71. The Hall–Kier alpha value is -3.09. The summed E-state index contributed by atoms with van der Waals surface area (Å²) in [5, 5.41) is 2.72. The van der Waals surface area contributed by atoms with Gasteiger partial charge < -0.3 is 14.8 Å². The smallest absolute Gasteiger partial charge is 0.282 e. The Labute approximate surface area is 145 Å². The van der Waals surface area contributed by atoms with Crippen LogP contribution in [0.4, 0.5) is 11.5 Å². The van der Waals surface area contributed by atoms with E-state index in [9.17, 15) is 9.59 Å². The number of amides is 2. The Kier molecular flexibility index (Phi) is 4.31. The maximum atomic E-state index is 12.9. The Morgan fingerprint density at radius 3 is 2.80 bits per heavy atom. The van der Waals surface area contributed by atoms with E-state index in [4.69, 9.17) is 9.47 Å². The van der Waals surface area contributed by atoms with E-state index in [0.29, 0.717) is 29.5 Å². The van der Waals surface area contributed by atoms with E-state index in [1.54, 1.807) is 42.6 Å². The summed E-state index contributed by atoms with van der Waals surface area (Å²) in [5.74, 6) is 0.264. The van der Waals surface area contributed by atoms with Crippen molar-refractivity contribution in [2.24, 2.45) is 0 Å². The Balaban J connectivity index is 1.95. The van der Waals surface area contributed by atoms with Crippen LogP contribution < -0.4 is 19.7 Å². The van der Waals surface area contributed by atoms with Crippen molar-refractivity contribution in [3.05, 3.63) is 42.6 Å². The first-order valence-electron chi connectivity index (χ1n) is 7.91. The lowest BCUT2D eigenvalue weighted by Gasteiger charge is -2.38. The molecular weight excluding hydrogens is 322 g/mol. The van der Waals surface area contributed by atoms with E-state index in [1.807, 2.05) is 6.92 Å². The molecule has 1 aliphatic heterocycles. The lowest BCUT2D eigenvalue weighted by Crippen LogP contribution is -2.60. The van der Waals surface area contributed by atoms with Crippen LogP contribution in [-0.2, 0) is 9.59 Å². The van der Waals surface area contributed by atoms with Crippen molar-refractivity contribution < 1.29 is 19.1 Å². The minimum atomic E-state index is -1.70. The van der Waals surface area contributed by atoms with Gasteiger partial charge in [-0.25, -0.2) is 4.98 Å². The Morgan fingerprint density at radius 2 is 2.08 bits per heavy atom. The van der Waals surface area contributed by atoms with Gasteiger partial charge in [0.15, 0.2) is 11.6 Å². The second kappa shape index (κ2) is 6.43. The average Bonchev–Trinajstić information content (AvgIpc) is 2.63. The van der Waals surface area contributed by atoms with Gasteiger partial charge in [0.05, 0.1) is 12.8 Å². The number of ether oxygens (including phenoxy) is 2. The molecule has 0 radical (unpaired) electrons. The van der Waals surface area contributed by atoms with E-state index in [-0.39, 0.29) is 0 Å². The summed E-state index contributed by atoms with van der Waals surface area (Å²) >= 11 is 0. The fraction of sp³-hybridized carbons (Fsp3) is 0.278. The minimum absolute atomic E-state index is 0.379. The Morgan fingerprint density at radius 1 is 1.32 bits per heavy atom. The highest BCUT2D eigenvalue weighted by Gasteiger charge is 2.51. The van der Waals surface area contributed by atoms with Gasteiger partial charge in [-0.2, -0.15) is 0 Å². The number of carbonyl (C=O) groups excluding carboxylic acids is 2. The van der Waals surface area contributed by atoms with Crippen molar-refractivity contribution in [3.63, 3.8) is 0 Å². The number of nitrogens with zero attached hydrogens (tertiary/aromatic N) is 2. The van der Waals surface area contributed by atoms with Crippen molar-refractivity contribution in [3.8, 4) is 11.5 Å². The third kappa shape index (κ3) is 2.77. The summed E-state index contributed by atoms with van der Waals surface area (Å²) in [5.41, 5.74) is -1.24. The number of hydrogen-bond acceptors (Lipinski definition) is 5. The van der Waals surface area contributed by atoms with Crippen LogP contribution in [-0.4, -0.2) is 36.1 Å².